The molecule has 0 saturated carbocycles. The molecule has 0 radical (unpaired) electrons. The van der Waals surface area contributed by atoms with Crippen molar-refractivity contribution in [1.29, 1.82) is 0 Å². The van der Waals surface area contributed by atoms with E-state index in [1.807, 2.05) is 0 Å². The van der Waals surface area contributed by atoms with Gasteiger partial charge in [0.1, 0.15) is 9.84 Å². The predicted octanol–water partition coefficient (Wildman–Crippen LogP) is 2.62. The van der Waals surface area contributed by atoms with E-state index in [0.717, 1.165) is 25.8 Å². The summed E-state index contributed by atoms with van der Waals surface area (Å²) in [7, 11) is -2.80. The topological polar surface area (TPSA) is 46.2 Å². The Labute approximate surface area is 107 Å². The third-order valence-corrected chi connectivity index (χ3v) is 4.59. The van der Waals surface area contributed by atoms with Gasteiger partial charge in [-0.3, -0.25) is 0 Å². The van der Waals surface area contributed by atoms with Gasteiger partial charge in [-0.05, 0) is 31.2 Å². The Morgan fingerprint density at radius 1 is 1.18 bits per heavy atom. The molecular formula is C13H29NO2S. The molecule has 0 aromatic rings. The molecule has 0 saturated heterocycles. The molecule has 0 aromatic carbocycles. The summed E-state index contributed by atoms with van der Waals surface area (Å²) < 4.78 is 22.8. The predicted molar refractivity (Wildman–Crippen MR) is 75.1 cm³/mol. The average Bonchev–Trinajstić information content (AvgIpc) is 2.15. The molecule has 104 valence electrons. The number of hydrogen-bond acceptors (Lipinski definition) is 3. The van der Waals surface area contributed by atoms with Crippen molar-refractivity contribution >= 4 is 9.84 Å². The Morgan fingerprint density at radius 2 is 1.76 bits per heavy atom. The van der Waals surface area contributed by atoms with Crippen LogP contribution in [0.15, 0.2) is 0 Å². The summed E-state index contributed by atoms with van der Waals surface area (Å²) in [6.07, 6.45) is 2.81. The highest BCUT2D eigenvalue weighted by Crippen LogP contribution is 2.22. The van der Waals surface area contributed by atoms with Gasteiger partial charge in [0.2, 0.25) is 0 Å². The van der Waals surface area contributed by atoms with Crippen LogP contribution in [0.4, 0.5) is 0 Å². The van der Waals surface area contributed by atoms with E-state index in [9.17, 15) is 8.42 Å². The first-order chi connectivity index (χ1) is 7.70. The highest BCUT2D eigenvalue weighted by Gasteiger charge is 2.18. The van der Waals surface area contributed by atoms with Gasteiger partial charge in [-0.15, -0.1) is 0 Å². The van der Waals surface area contributed by atoms with Gasteiger partial charge >= 0.3 is 0 Å². The molecule has 0 aliphatic carbocycles. The molecule has 17 heavy (non-hydrogen) atoms. The number of sulfone groups is 1. The Morgan fingerprint density at radius 3 is 2.18 bits per heavy atom. The second kappa shape index (κ2) is 7.37. The lowest BCUT2D eigenvalue weighted by Crippen LogP contribution is -2.33. The maximum Gasteiger partial charge on any atom is 0.150 e. The van der Waals surface area contributed by atoms with Crippen molar-refractivity contribution in [3.8, 4) is 0 Å². The number of rotatable bonds is 8. The van der Waals surface area contributed by atoms with Crippen molar-refractivity contribution in [3.63, 3.8) is 0 Å². The monoisotopic (exact) mass is 263 g/mol. The second-order valence-corrected chi connectivity index (χ2v) is 8.37. The highest BCUT2D eigenvalue weighted by atomic mass is 32.2. The standard InChI is InChI=1S/C13H29NO2S/c1-6-14-12(11-13(3,4)5)9-8-10-17(15,16)7-2/h12,14H,6-11H2,1-5H3. The molecule has 4 heteroatoms. The zero-order chi connectivity index (χ0) is 13.5. The van der Waals surface area contributed by atoms with E-state index in [1.54, 1.807) is 6.92 Å². The van der Waals surface area contributed by atoms with E-state index in [0.29, 0.717) is 11.8 Å². The lowest BCUT2D eigenvalue weighted by Gasteiger charge is -2.26. The molecule has 0 aliphatic rings. The molecule has 0 spiro atoms. The van der Waals surface area contributed by atoms with Crippen molar-refractivity contribution in [1.82, 2.24) is 5.32 Å². The van der Waals surface area contributed by atoms with Gasteiger partial charge < -0.3 is 5.32 Å². The van der Waals surface area contributed by atoms with Gasteiger partial charge in [0, 0.05) is 11.8 Å². The summed E-state index contributed by atoms with van der Waals surface area (Å²) in [5.41, 5.74) is 0.288. The summed E-state index contributed by atoms with van der Waals surface area (Å²) in [5.74, 6) is 0.591. The van der Waals surface area contributed by atoms with Gasteiger partial charge in [-0.1, -0.05) is 34.6 Å². The van der Waals surface area contributed by atoms with Crippen molar-refractivity contribution in [2.75, 3.05) is 18.1 Å². The van der Waals surface area contributed by atoms with E-state index < -0.39 is 9.84 Å². The van der Waals surface area contributed by atoms with Crippen LogP contribution in [-0.4, -0.2) is 32.5 Å². The van der Waals surface area contributed by atoms with E-state index >= 15 is 0 Å². The first-order valence-corrected chi connectivity index (χ1v) is 8.46. The normalized spacial score (nSPS) is 14.9. The molecule has 0 aromatic heterocycles. The quantitative estimate of drug-likeness (QED) is 0.732. The van der Waals surface area contributed by atoms with E-state index in [4.69, 9.17) is 0 Å². The van der Waals surface area contributed by atoms with E-state index in [1.165, 1.54) is 0 Å². The smallest absolute Gasteiger partial charge is 0.150 e. The van der Waals surface area contributed by atoms with Gasteiger partial charge in [-0.25, -0.2) is 8.42 Å². The van der Waals surface area contributed by atoms with E-state index in [-0.39, 0.29) is 11.2 Å². The molecule has 0 heterocycles. The third kappa shape index (κ3) is 9.60. The number of nitrogens with one attached hydrogen (secondary N) is 1. The Hall–Kier alpha value is -0.0900. The molecule has 0 bridgehead atoms. The zero-order valence-corrected chi connectivity index (χ0v) is 12.9. The van der Waals surface area contributed by atoms with Crippen molar-refractivity contribution in [3.05, 3.63) is 0 Å². The van der Waals surface area contributed by atoms with Crippen molar-refractivity contribution in [2.24, 2.45) is 5.41 Å². The zero-order valence-electron chi connectivity index (χ0n) is 12.0. The summed E-state index contributed by atoms with van der Waals surface area (Å²) in [6, 6.07) is 0.437. The van der Waals surface area contributed by atoms with Gasteiger partial charge in [-0.2, -0.15) is 0 Å². The van der Waals surface area contributed by atoms with Crippen molar-refractivity contribution < 1.29 is 8.42 Å². The molecule has 0 amide bonds. The third-order valence-electron chi connectivity index (χ3n) is 2.80. The molecule has 0 fully saturated rings. The molecule has 1 unspecified atom stereocenters. The Bertz CT molecular complexity index is 291. The van der Waals surface area contributed by atoms with Gasteiger partial charge in [0.25, 0.3) is 0 Å². The SMILES string of the molecule is CCNC(CCCS(=O)(=O)CC)CC(C)(C)C. The largest absolute Gasteiger partial charge is 0.314 e. The van der Waals surface area contributed by atoms with Crippen LogP contribution in [0, 0.1) is 5.41 Å². The maximum absolute atomic E-state index is 11.4. The minimum atomic E-state index is -2.80. The van der Waals surface area contributed by atoms with Gasteiger partial charge in [0.05, 0.1) is 5.75 Å². The van der Waals surface area contributed by atoms with Crippen LogP contribution in [0.25, 0.3) is 0 Å². The van der Waals surface area contributed by atoms with Gasteiger partial charge in [0.15, 0.2) is 0 Å². The van der Waals surface area contributed by atoms with Crippen LogP contribution in [0.5, 0.6) is 0 Å². The minimum absolute atomic E-state index is 0.262. The molecular weight excluding hydrogens is 234 g/mol. The fraction of sp³-hybridized carbons (Fsp3) is 1.00. The first-order valence-electron chi connectivity index (χ1n) is 6.64. The fourth-order valence-corrected chi connectivity index (χ4v) is 2.89. The van der Waals surface area contributed by atoms with Crippen LogP contribution >= 0.6 is 0 Å². The molecule has 1 N–H and O–H groups in total. The lowest BCUT2D eigenvalue weighted by molar-refractivity contribution is 0.300. The molecule has 0 rings (SSSR count). The van der Waals surface area contributed by atoms with Crippen LogP contribution in [0.2, 0.25) is 0 Å². The Balaban J connectivity index is 4.10. The van der Waals surface area contributed by atoms with Crippen LogP contribution in [0.1, 0.15) is 53.9 Å². The van der Waals surface area contributed by atoms with Crippen LogP contribution < -0.4 is 5.32 Å². The first kappa shape index (κ1) is 16.9. The van der Waals surface area contributed by atoms with Crippen molar-refractivity contribution in [2.45, 2.75) is 59.9 Å². The Kier molecular flexibility index (Phi) is 7.33. The van der Waals surface area contributed by atoms with Crippen LogP contribution in [-0.2, 0) is 9.84 Å². The molecule has 1 atom stereocenters. The number of hydrogen-bond donors (Lipinski definition) is 1. The fourth-order valence-electron chi connectivity index (χ4n) is 2.00. The summed E-state index contributed by atoms with van der Waals surface area (Å²) in [4.78, 5) is 0. The summed E-state index contributed by atoms with van der Waals surface area (Å²) in [5, 5.41) is 3.45. The summed E-state index contributed by atoms with van der Waals surface area (Å²) in [6.45, 7) is 11.4. The maximum atomic E-state index is 11.4. The minimum Gasteiger partial charge on any atom is -0.314 e. The lowest BCUT2D eigenvalue weighted by atomic mass is 9.86. The molecule has 0 aliphatic heterocycles. The van der Waals surface area contributed by atoms with E-state index in [2.05, 4.69) is 33.0 Å². The summed E-state index contributed by atoms with van der Waals surface area (Å²) >= 11 is 0. The average molecular weight is 263 g/mol. The second-order valence-electron chi connectivity index (χ2n) is 5.90. The molecule has 3 nitrogen and oxygen atoms in total. The van der Waals surface area contributed by atoms with Crippen LogP contribution in [0.3, 0.4) is 0 Å². The highest BCUT2D eigenvalue weighted by molar-refractivity contribution is 7.91.